The number of hydrogen-bond donors (Lipinski definition) is 2. The number of rotatable bonds is 5. The fourth-order valence-electron chi connectivity index (χ4n) is 1.85. The fourth-order valence-corrected chi connectivity index (χ4v) is 1.85. The summed E-state index contributed by atoms with van der Waals surface area (Å²) in [5, 5.41) is 5.23. The molecule has 2 heterocycles. The second-order valence-corrected chi connectivity index (χ2v) is 4.85. The van der Waals surface area contributed by atoms with Crippen LogP contribution in [-0.4, -0.2) is 43.6 Å². The third-order valence-corrected chi connectivity index (χ3v) is 2.95. The van der Waals surface area contributed by atoms with Gasteiger partial charge in [-0.3, -0.25) is 0 Å². The quantitative estimate of drug-likeness (QED) is 0.872. The second-order valence-electron chi connectivity index (χ2n) is 4.85. The minimum absolute atomic E-state index is 0.161. The highest BCUT2D eigenvalue weighted by molar-refractivity contribution is 5.88. The summed E-state index contributed by atoms with van der Waals surface area (Å²) in [4.78, 5) is 15.3. The number of alkyl halides is 3. The standard InChI is InChI=1S/C13H16F3N3O3/c14-13(15,16)8-22-11-2-1-10(6-17-11)19-12(20)18-5-9-3-4-21-7-9/h1-2,6,9H,3-5,7-8H2,(H2,18,19,20)/t9-/m1/s1. The average molecular weight is 319 g/mol. The SMILES string of the molecule is O=C(NC[C@H]1CCOC1)Nc1ccc(OCC(F)(F)F)nc1. The van der Waals surface area contributed by atoms with E-state index in [1.807, 2.05) is 0 Å². The van der Waals surface area contributed by atoms with Crippen molar-refractivity contribution >= 4 is 11.7 Å². The molecule has 1 saturated heterocycles. The molecule has 2 rings (SSSR count). The summed E-state index contributed by atoms with van der Waals surface area (Å²) in [5.41, 5.74) is 0.361. The number of halogens is 3. The molecular formula is C13H16F3N3O3. The average Bonchev–Trinajstić information content (AvgIpc) is 2.97. The zero-order chi connectivity index (χ0) is 16.0. The lowest BCUT2D eigenvalue weighted by Crippen LogP contribution is -2.33. The Hall–Kier alpha value is -2.03. The third kappa shape index (κ3) is 5.76. The Morgan fingerprint density at radius 2 is 2.27 bits per heavy atom. The summed E-state index contributed by atoms with van der Waals surface area (Å²) < 4.78 is 45.6. The molecule has 2 amide bonds. The van der Waals surface area contributed by atoms with Crippen LogP contribution < -0.4 is 15.4 Å². The molecule has 0 aromatic carbocycles. The van der Waals surface area contributed by atoms with Crippen molar-refractivity contribution in [3.63, 3.8) is 0 Å². The molecule has 2 N–H and O–H groups in total. The molecule has 9 heteroatoms. The van der Waals surface area contributed by atoms with E-state index in [1.165, 1.54) is 18.3 Å². The maximum absolute atomic E-state index is 12.0. The molecule has 0 spiro atoms. The van der Waals surface area contributed by atoms with E-state index >= 15 is 0 Å². The highest BCUT2D eigenvalue weighted by Crippen LogP contribution is 2.18. The Morgan fingerprint density at radius 3 is 2.86 bits per heavy atom. The zero-order valence-electron chi connectivity index (χ0n) is 11.7. The predicted octanol–water partition coefficient (Wildman–Crippen LogP) is 2.18. The van der Waals surface area contributed by atoms with Crippen molar-refractivity contribution in [3.8, 4) is 5.88 Å². The monoisotopic (exact) mass is 319 g/mol. The number of urea groups is 1. The largest absolute Gasteiger partial charge is 0.468 e. The normalized spacial score (nSPS) is 18.0. The van der Waals surface area contributed by atoms with E-state index in [0.29, 0.717) is 31.4 Å². The maximum Gasteiger partial charge on any atom is 0.422 e. The van der Waals surface area contributed by atoms with Gasteiger partial charge >= 0.3 is 12.2 Å². The number of amides is 2. The van der Waals surface area contributed by atoms with E-state index in [9.17, 15) is 18.0 Å². The fraction of sp³-hybridized carbons (Fsp3) is 0.538. The molecule has 0 radical (unpaired) electrons. The number of aromatic nitrogens is 1. The molecule has 22 heavy (non-hydrogen) atoms. The van der Waals surface area contributed by atoms with Crippen molar-refractivity contribution < 1.29 is 27.4 Å². The van der Waals surface area contributed by atoms with Gasteiger partial charge in [-0.15, -0.1) is 0 Å². The van der Waals surface area contributed by atoms with Gasteiger partial charge in [0.1, 0.15) is 0 Å². The molecule has 0 bridgehead atoms. The molecule has 1 aliphatic heterocycles. The van der Waals surface area contributed by atoms with Crippen LogP contribution in [0.2, 0.25) is 0 Å². The minimum Gasteiger partial charge on any atom is -0.468 e. The van der Waals surface area contributed by atoms with Gasteiger partial charge in [0.15, 0.2) is 6.61 Å². The van der Waals surface area contributed by atoms with Crippen LogP contribution in [-0.2, 0) is 4.74 Å². The zero-order valence-corrected chi connectivity index (χ0v) is 11.7. The Balaban J connectivity index is 1.74. The minimum atomic E-state index is -4.41. The van der Waals surface area contributed by atoms with Crippen molar-refractivity contribution in [1.82, 2.24) is 10.3 Å². The van der Waals surface area contributed by atoms with Gasteiger partial charge in [-0.2, -0.15) is 13.2 Å². The summed E-state index contributed by atoms with van der Waals surface area (Å²) >= 11 is 0. The number of hydrogen-bond acceptors (Lipinski definition) is 4. The Labute approximate surface area is 125 Å². The number of ether oxygens (including phenoxy) is 2. The van der Waals surface area contributed by atoms with Crippen LogP contribution in [0.3, 0.4) is 0 Å². The molecule has 1 atom stereocenters. The first-order valence-corrected chi connectivity index (χ1v) is 6.70. The van der Waals surface area contributed by atoms with Crippen molar-refractivity contribution in [3.05, 3.63) is 18.3 Å². The third-order valence-electron chi connectivity index (χ3n) is 2.95. The molecule has 1 aromatic heterocycles. The van der Waals surface area contributed by atoms with E-state index in [0.717, 1.165) is 6.42 Å². The number of nitrogens with zero attached hydrogens (tertiary/aromatic N) is 1. The van der Waals surface area contributed by atoms with Crippen molar-refractivity contribution in [2.45, 2.75) is 12.6 Å². The van der Waals surface area contributed by atoms with Crippen LogP contribution in [0.25, 0.3) is 0 Å². The van der Waals surface area contributed by atoms with Gasteiger partial charge in [0.05, 0.1) is 18.5 Å². The van der Waals surface area contributed by atoms with Gasteiger partial charge in [-0.25, -0.2) is 9.78 Å². The Bertz CT molecular complexity index is 488. The highest BCUT2D eigenvalue weighted by atomic mass is 19.4. The molecule has 1 aromatic rings. The Kier molecular flexibility index (Phi) is 5.42. The number of anilines is 1. The van der Waals surface area contributed by atoms with Crippen molar-refractivity contribution in [2.24, 2.45) is 5.92 Å². The van der Waals surface area contributed by atoms with E-state index in [1.54, 1.807) is 0 Å². The lowest BCUT2D eigenvalue weighted by Gasteiger charge is -2.11. The van der Waals surface area contributed by atoms with Gasteiger partial charge in [0.25, 0.3) is 0 Å². The molecule has 122 valence electrons. The van der Waals surface area contributed by atoms with Gasteiger partial charge in [0.2, 0.25) is 5.88 Å². The second kappa shape index (κ2) is 7.30. The molecule has 1 fully saturated rings. The van der Waals surface area contributed by atoms with E-state index in [-0.39, 0.29) is 5.88 Å². The first-order chi connectivity index (χ1) is 10.4. The molecular weight excluding hydrogens is 303 g/mol. The van der Waals surface area contributed by atoms with Crippen molar-refractivity contribution in [2.75, 3.05) is 31.7 Å². The van der Waals surface area contributed by atoms with Crippen molar-refractivity contribution in [1.29, 1.82) is 0 Å². The van der Waals surface area contributed by atoms with E-state index in [2.05, 4.69) is 20.4 Å². The van der Waals surface area contributed by atoms with Gasteiger partial charge in [0, 0.05) is 25.1 Å². The lowest BCUT2D eigenvalue weighted by molar-refractivity contribution is -0.154. The molecule has 0 unspecified atom stereocenters. The highest BCUT2D eigenvalue weighted by Gasteiger charge is 2.28. The molecule has 6 nitrogen and oxygen atoms in total. The van der Waals surface area contributed by atoms with Gasteiger partial charge < -0.3 is 20.1 Å². The summed E-state index contributed by atoms with van der Waals surface area (Å²) in [6, 6.07) is 2.26. The number of nitrogens with one attached hydrogen (secondary N) is 2. The van der Waals surface area contributed by atoms with Crippen LogP contribution in [0, 0.1) is 5.92 Å². The number of pyridine rings is 1. The van der Waals surface area contributed by atoms with Gasteiger partial charge in [-0.1, -0.05) is 0 Å². The number of carbonyl (C=O) groups is 1. The lowest BCUT2D eigenvalue weighted by atomic mass is 10.1. The smallest absolute Gasteiger partial charge is 0.422 e. The van der Waals surface area contributed by atoms with E-state index in [4.69, 9.17) is 4.74 Å². The summed E-state index contributed by atoms with van der Waals surface area (Å²) in [5.74, 6) is 0.147. The number of carbonyl (C=O) groups excluding carboxylic acids is 1. The van der Waals surface area contributed by atoms with Gasteiger partial charge in [-0.05, 0) is 12.5 Å². The summed E-state index contributed by atoms with van der Waals surface area (Å²) in [7, 11) is 0. The summed E-state index contributed by atoms with van der Waals surface area (Å²) in [6.45, 7) is 0.438. The van der Waals surface area contributed by atoms with Crippen LogP contribution in [0.5, 0.6) is 5.88 Å². The molecule has 0 aliphatic carbocycles. The molecule has 0 saturated carbocycles. The van der Waals surface area contributed by atoms with Crippen LogP contribution >= 0.6 is 0 Å². The summed E-state index contributed by atoms with van der Waals surface area (Å²) in [6.07, 6.45) is -2.28. The predicted molar refractivity (Wildman–Crippen MR) is 71.7 cm³/mol. The van der Waals surface area contributed by atoms with Crippen LogP contribution in [0.4, 0.5) is 23.7 Å². The molecule has 1 aliphatic rings. The maximum atomic E-state index is 12.0. The topological polar surface area (TPSA) is 72.5 Å². The Morgan fingerprint density at radius 1 is 1.45 bits per heavy atom. The van der Waals surface area contributed by atoms with E-state index < -0.39 is 18.8 Å². The first kappa shape index (κ1) is 16.3. The van der Waals surface area contributed by atoms with Crippen LogP contribution in [0.15, 0.2) is 18.3 Å². The first-order valence-electron chi connectivity index (χ1n) is 6.70. The van der Waals surface area contributed by atoms with Crippen LogP contribution in [0.1, 0.15) is 6.42 Å².